The molecule has 1 saturated heterocycles. The maximum Gasteiger partial charge on any atom is 0.261 e. The van der Waals surface area contributed by atoms with Crippen molar-refractivity contribution in [1.29, 1.82) is 0 Å². The number of anilines is 2. The van der Waals surface area contributed by atoms with Crippen LogP contribution in [-0.4, -0.2) is 63.5 Å². The lowest BCUT2D eigenvalue weighted by Gasteiger charge is -2.34. The zero-order chi connectivity index (χ0) is 25.8. The molecule has 3 aromatic carbocycles. The van der Waals surface area contributed by atoms with Gasteiger partial charge in [-0.05, 0) is 54.6 Å². The number of hydrogen-bond acceptors (Lipinski definition) is 7. The minimum atomic E-state index is -3.90. The number of hydrogen-bond donors (Lipinski definition) is 2. The molecule has 0 unspecified atom stereocenters. The Kier molecular flexibility index (Phi) is 8.83. The Morgan fingerprint density at radius 1 is 0.974 bits per heavy atom. The van der Waals surface area contributed by atoms with Crippen molar-refractivity contribution < 1.29 is 17.6 Å². The lowest BCUT2D eigenvalue weighted by molar-refractivity contribution is 0.0948. The fourth-order valence-corrected chi connectivity index (χ4v) is 6.21. The summed E-state index contributed by atoms with van der Waals surface area (Å²) in [7, 11) is -3.90. The Labute approximate surface area is 230 Å². The third-order valence-electron chi connectivity index (χ3n) is 6.14. The van der Waals surface area contributed by atoms with E-state index in [2.05, 4.69) is 25.9 Å². The molecule has 5 rings (SSSR count). The Bertz CT molecular complexity index is 1470. The van der Waals surface area contributed by atoms with E-state index < -0.39 is 15.8 Å². The van der Waals surface area contributed by atoms with Gasteiger partial charge in [-0.25, -0.2) is 17.8 Å². The predicted octanol–water partition coefficient (Wildman–Crippen LogP) is 4.21. The molecule has 1 aliphatic heterocycles. The summed E-state index contributed by atoms with van der Waals surface area (Å²) in [4.78, 5) is 22.0. The molecule has 0 atom stereocenters. The summed E-state index contributed by atoms with van der Waals surface area (Å²) in [6, 6.07) is 19.0. The van der Waals surface area contributed by atoms with E-state index in [4.69, 9.17) is 4.98 Å². The lowest BCUT2D eigenvalue weighted by atomic mass is 10.2. The number of aromatic nitrogens is 1. The molecule has 0 saturated carbocycles. The van der Waals surface area contributed by atoms with Crippen molar-refractivity contribution >= 4 is 60.7 Å². The molecule has 8 nitrogen and oxygen atoms in total. The number of nitrogens with zero attached hydrogens (tertiary/aromatic N) is 3. The van der Waals surface area contributed by atoms with Gasteiger partial charge in [-0.1, -0.05) is 29.5 Å². The first kappa shape index (κ1) is 27.8. The van der Waals surface area contributed by atoms with Gasteiger partial charge >= 0.3 is 0 Å². The second kappa shape index (κ2) is 12.1. The highest BCUT2D eigenvalue weighted by Crippen LogP contribution is 2.29. The van der Waals surface area contributed by atoms with Crippen LogP contribution in [0.25, 0.3) is 10.2 Å². The van der Waals surface area contributed by atoms with Gasteiger partial charge in [-0.15, -0.1) is 12.4 Å². The number of rotatable bonds is 8. The Hall–Kier alpha value is -3.25. The number of para-hydroxylation sites is 1. The summed E-state index contributed by atoms with van der Waals surface area (Å²) in [5.41, 5.74) is 1.63. The smallest absolute Gasteiger partial charge is 0.261 e. The minimum absolute atomic E-state index is 0. The van der Waals surface area contributed by atoms with Gasteiger partial charge in [0.2, 0.25) is 0 Å². The third kappa shape index (κ3) is 6.60. The Morgan fingerprint density at radius 2 is 1.71 bits per heavy atom. The van der Waals surface area contributed by atoms with Gasteiger partial charge in [-0.3, -0.25) is 14.4 Å². The van der Waals surface area contributed by atoms with E-state index in [0.29, 0.717) is 12.1 Å². The van der Waals surface area contributed by atoms with Gasteiger partial charge < -0.3 is 10.2 Å². The molecule has 0 aliphatic carbocycles. The highest BCUT2D eigenvalue weighted by Gasteiger charge is 2.20. The number of fused-ring (bicyclic) bond motifs is 1. The number of sulfonamides is 1. The summed E-state index contributed by atoms with van der Waals surface area (Å²) in [5, 5.41) is 3.96. The number of nitrogens with one attached hydrogen (secondary N) is 2. The molecule has 1 aromatic heterocycles. The predicted molar refractivity (Wildman–Crippen MR) is 152 cm³/mol. The summed E-state index contributed by atoms with van der Waals surface area (Å²) >= 11 is 1.71. The quantitative estimate of drug-likeness (QED) is 0.327. The number of thiazole rings is 1. The maximum atomic E-state index is 13.1. The van der Waals surface area contributed by atoms with E-state index >= 15 is 0 Å². The van der Waals surface area contributed by atoms with Crippen LogP contribution in [0.2, 0.25) is 0 Å². The molecule has 12 heteroatoms. The second-order valence-electron chi connectivity index (χ2n) is 8.69. The number of benzene rings is 3. The van der Waals surface area contributed by atoms with Crippen molar-refractivity contribution in [1.82, 2.24) is 15.2 Å². The Balaban J connectivity index is 0.00000336. The van der Waals surface area contributed by atoms with Crippen molar-refractivity contribution in [3.8, 4) is 0 Å². The van der Waals surface area contributed by atoms with Crippen molar-refractivity contribution in [2.75, 3.05) is 48.9 Å². The molecule has 200 valence electrons. The van der Waals surface area contributed by atoms with E-state index in [1.807, 2.05) is 18.2 Å². The highest BCUT2D eigenvalue weighted by atomic mass is 35.5. The highest BCUT2D eigenvalue weighted by molar-refractivity contribution is 7.92. The number of piperazine rings is 1. The van der Waals surface area contributed by atoms with Crippen LogP contribution in [0.3, 0.4) is 0 Å². The lowest BCUT2D eigenvalue weighted by Crippen LogP contribution is -2.48. The molecular weight excluding hydrogens is 549 g/mol. The van der Waals surface area contributed by atoms with Gasteiger partial charge in [0, 0.05) is 50.5 Å². The topological polar surface area (TPSA) is 94.6 Å². The van der Waals surface area contributed by atoms with Crippen LogP contribution in [0, 0.1) is 5.82 Å². The fraction of sp³-hybridized carbons (Fsp3) is 0.231. The summed E-state index contributed by atoms with van der Waals surface area (Å²) < 4.78 is 41.9. The SMILES string of the molecule is Cl.O=C(NCCN1CCN(c2nc3ccccc3s2)CC1)c1cccc(NS(=O)(=O)c2ccc(F)cc2)c1. The molecule has 1 amide bonds. The molecule has 2 heterocycles. The first-order valence-electron chi connectivity index (χ1n) is 11.9. The number of carbonyl (C=O) groups excluding carboxylic acids is 1. The van der Waals surface area contributed by atoms with Crippen molar-refractivity contribution in [2.24, 2.45) is 0 Å². The molecule has 4 aromatic rings. The molecule has 0 spiro atoms. The average Bonchev–Trinajstić information content (AvgIpc) is 3.34. The summed E-state index contributed by atoms with van der Waals surface area (Å²) in [6.45, 7) is 4.72. The van der Waals surface area contributed by atoms with E-state index in [1.165, 1.54) is 22.9 Å². The zero-order valence-corrected chi connectivity index (χ0v) is 22.8. The first-order chi connectivity index (χ1) is 17.9. The minimum Gasteiger partial charge on any atom is -0.351 e. The van der Waals surface area contributed by atoms with E-state index in [0.717, 1.165) is 55.5 Å². The molecule has 38 heavy (non-hydrogen) atoms. The maximum absolute atomic E-state index is 13.1. The molecule has 1 aliphatic rings. The molecule has 0 radical (unpaired) electrons. The average molecular weight is 576 g/mol. The monoisotopic (exact) mass is 575 g/mol. The van der Waals surface area contributed by atoms with Crippen LogP contribution in [0.5, 0.6) is 0 Å². The van der Waals surface area contributed by atoms with Crippen LogP contribution in [0.1, 0.15) is 10.4 Å². The van der Waals surface area contributed by atoms with E-state index in [-0.39, 0.29) is 28.9 Å². The van der Waals surface area contributed by atoms with Crippen LogP contribution < -0.4 is 14.9 Å². The van der Waals surface area contributed by atoms with Gasteiger partial charge in [-0.2, -0.15) is 0 Å². The van der Waals surface area contributed by atoms with Crippen molar-refractivity contribution in [2.45, 2.75) is 4.90 Å². The third-order valence-corrected chi connectivity index (χ3v) is 8.63. The number of amides is 1. The molecular formula is C26H27ClFN5O3S2. The largest absolute Gasteiger partial charge is 0.351 e. The van der Waals surface area contributed by atoms with Gasteiger partial charge in [0.05, 0.1) is 15.1 Å². The van der Waals surface area contributed by atoms with Crippen LogP contribution in [0.15, 0.2) is 77.7 Å². The zero-order valence-electron chi connectivity index (χ0n) is 20.3. The van der Waals surface area contributed by atoms with Gasteiger partial charge in [0.15, 0.2) is 5.13 Å². The van der Waals surface area contributed by atoms with E-state index in [9.17, 15) is 17.6 Å². The summed E-state index contributed by atoms with van der Waals surface area (Å²) in [5.74, 6) is -0.802. The van der Waals surface area contributed by atoms with Gasteiger partial charge in [0.25, 0.3) is 15.9 Å². The summed E-state index contributed by atoms with van der Waals surface area (Å²) in [6.07, 6.45) is 0. The molecule has 2 N–H and O–H groups in total. The van der Waals surface area contributed by atoms with Crippen LogP contribution >= 0.6 is 23.7 Å². The number of halogens is 2. The standard InChI is InChI=1S/C26H26FN5O3S2.ClH/c27-20-8-10-22(11-9-20)37(34,35)30-21-5-3-4-19(18-21)25(33)28-12-13-31-14-16-32(17-15-31)26-29-23-6-1-2-7-24(23)36-26;/h1-11,18,30H,12-17H2,(H,28,33);1H. The Morgan fingerprint density at radius 3 is 2.45 bits per heavy atom. The number of carbonyl (C=O) groups is 1. The van der Waals surface area contributed by atoms with E-state index in [1.54, 1.807) is 29.5 Å². The van der Waals surface area contributed by atoms with Gasteiger partial charge in [0.1, 0.15) is 5.82 Å². The first-order valence-corrected chi connectivity index (χ1v) is 14.2. The van der Waals surface area contributed by atoms with Crippen molar-refractivity contribution in [3.05, 3.63) is 84.2 Å². The fourth-order valence-electron chi connectivity index (χ4n) is 4.14. The normalized spacial score (nSPS) is 14.2. The molecule has 1 fully saturated rings. The van der Waals surface area contributed by atoms with Crippen molar-refractivity contribution in [3.63, 3.8) is 0 Å². The molecule has 0 bridgehead atoms. The second-order valence-corrected chi connectivity index (χ2v) is 11.4. The van der Waals surface area contributed by atoms with Crippen LogP contribution in [-0.2, 0) is 10.0 Å². The van der Waals surface area contributed by atoms with Crippen LogP contribution in [0.4, 0.5) is 15.2 Å².